The van der Waals surface area contributed by atoms with E-state index in [9.17, 15) is 12.3 Å². The first-order chi connectivity index (χ1) is 6.56. The smallest absolute Gasteiger partial charge is 0.306 e. The first-order valence-electron chi connectivity index (χ1n) is 4.22. The predicted octanol–water partition coefficient (Wildman–Crippen LogP) is 1.42. The van der Waals surface area contributed by atoms with E-state index < -0.39 is 16.0 Å². The quantitative estimate of drug-likeness (QED) is 0.702. The van der Waals surface area contributed by atoms with Crippen LogP contribution in [0.4, 0.5) is 3.89 Å². The van der Waals surface area contributed by atoms with Gasteiger partial charge in [-0.2, -0.15) is 8.42 Å². The van der Waals surface area contributed by atoms with Crippen LogP contribution in [-0.4, -0.2) is 15.0 Å². The maximum Gasteiger partial charge on any atom is 0.306 e. The second kappa shape index (κ2) is 3.24. The Kier molecular flexibility index (Phi) is 2.19. The summed E-state index contributed by atoms with van der Waals surface area (Å²) in [5, 5.41) is 0. The van der Waals surface area contributed by atoms with Crippen LogP contribution in [0, 0.1) is 0 Å². The van der Waals surface area contributed by atoms with Gasteiger partial charge in [-0.3, -0.25) is 0 Å². The molecule has 2 rings (SSSR count). The molecule has 14 heavy (non-hydrogen) atoms. The molecule has 0 amide bonds. The molecule has 0 fully saturated rings. The molecule has 5 heteroatoms. The molecule has 1 aliphatic rings. The lowest BCUT2D eigenvalue weighted by Gasteiger charge is -2.04. The summed E-state index contributed by atoms with van der Waals surface area (Å²) in [6.07, 6.45) is 0.759. The van der Waals surface area contributed by atoms with Crippen LogP contribution in [0.5, 0.6) is 5.75 Å². The highest BCUT2D eigenvalue weighted by molar-refractivity contribution is 7.85. The van der Waals surface area contributed by atoms with E-state index in [1.54, 1.807) is 12.1 Å². The van der Waals surface area contributed by atoms with Crippen molar-refractivity contribution in [2.75, 3.05) is 6.61 Å². The van der Waals surface area contributed by atoms with Gasteiger partial charge in [0.05, 0.1) is 6.61 Å². The molecule has 0 N–H and O–H groups in total. The number of hydrogen-bond acceptors (Lipinski definition) is 3. The molecule has 0 radical (unpaired) electrons. The van der Waals surface area contributed by atoms with Gasteiger partial charge in [0.25, 0.3) is 0 Å². The van der Waals surface area contributed by atoms with Crippen molar-refractivity contribution in [2.24, 2.45) is 0 Å². The van der Waals surface area contributed by atoms with Gasteiger partial charge < -0.3 is 4.74 Å². The van der Waals surface area contributed by atoms with E-state index in [0.717, 1.165) is 12.0 Å². The lowest BCUT2D eigenvalue weighted by molar-refractivity contribution is 0.354. The molecule has 0 unspecified atom stereocenters. The lowest BCUT2D eigenvalue weighted by atomic mass is 10.1. The summed E-state index contributed by atoms with van der Waals surface area (Å²) >= 11 is 0. The number of hydrogen-bond donors (Lipinski definition) is 0. The maximum atomic E-state index is 12.5. The third-order valence-electron chi connectivity index (χ3n) is 2.12. The minimum Gasteiger partial charge on any atom is -0.493 e. The molecule has 1 heterocycles. The number of benzene rings is 1. The zero-order valence-electron chi connectivity index (χ0n) is 7.36. The zero-order valence-corrected chi connectivity index (χ0v) is 8.18. The Morgan fingerprint density at radius 2 is 2.21 bits per heavy atom. The fourth-order valence-electron chi connectivity index (χ4n) is 1.58. The molecule has 0 saturated carbocycles. The van der Waals surface area contributed by atoms with E-state index in [2.05, 4.69) is 0 Å². The van der Waals surface area contributed by atoms with Crippen molar-refractivity contribution in [3.8, 4) is 5.75 Å². The van der Waals surface area contributed by atoms with Gasteiger partial charge in [0.1, 0.15) is 11.5 Å². The monoisotopic (exact) mass is 216 g/mol. The SMILES string of the molecule is O=S(=O)(F)Cc1cccc2c1OCC2. The van der Waals surface area contributed by atoms with Crippen molar-refractivity contribution in [2.45, 2.75) is 12.2 Å². The Labute approximate surface area is 81.7 Å². The van der Waals surface area contributed by atoms with Crippen LogP contribution in [0.15, 0.2) is 18.2 Å². The molecule has 0 spiro atoms. The van der Waals surface area contributed by atoms with Gasteiger partial charge in [-0.25, -0.2) is 0 Å². The standard InChI is InChI=1S/C9H9FO3S/c10-14(11,12)6-8-3-1-2-7-4-5-13-9(7)8/h1-3H,4-6H2. The van der Waals surface area contributed by atoms with Gasteiger partial charge >= 0.3 is 10.2 Å². The minimum atomic E-state index is -4.48. The van der Waals surface area contributed by atoms with Gasteiger partial charge in [0.2, 0.25) is 0 Å². The molecule has 0 aromatic heterocycles. The number of ether oxygens (including phenoxy) is 1. The third-order valence-corrected chi connectivity index (χ3v) is 2.78. The number of fused-ring (bicyclic) bond motifs is 1. The van der Waals surface area contributed by atoms with E-state index >= 15 is 0 Å². The molecule has 1 aromatic carbocycles. The highest BCUT2D eigenvalue weighted by Gasteiger charge is 2.19. The van der Waals surface area contributed by atoms with Crippen LogP contribution in [0.3, 0.4) is 0 Å². The Hall–Kier alpha value is -1.10. The summed E-state index contributed by atoms with van der Waals surface area (Å²) in [5.41, 5.74) is 1.36. The van der Waals surface area contributed by atoms with Crippen LogP contribution in [0.2, 0.25) is 0 Å². The molecular weight excluding hydrogens is 207 g/mol. The zero-order chi connectivity index (χ0) is 10.2. The number of halogens is 1. The van der Waals surface area contributed by atoms with Crippen LogP contribution < -0.4 is 4.74 Å². The van der Waals surface area contributed by atoms with Gasteiger partial charge in [0.15, 0.2) is 0 Å². The first-order valence-corrected chi connectivity index (χ1v) is 5.77. The normalized spacial score (nSPS) is 14.9. The summed E-state index contributed by atoms with van der Waals surface area (Å²) in [5.74, 6) is -0.0652. The van der Waals surface area contributed by atoms with Gasteiger partial charge in [-0.05, 0) is 5.56 Å². The third kappa shape index (κ3) is 1.87. The average Bonchev–Trinajstić information content (AvgIpc) is 2.49. The highest BCUT2D eigenvalue weighted by Crippen LogP contribution is 2.30. The Balaban J connectivity index is 2.40. The molecule has 1 aliphatic heterocycles. The van der Waals surface area contributed by atoms with Crippen LogP contribution >= 0.6 is 0 Å². The fourth-order valence-corrected chi connectivity index (χ4v) is 2.18. The van der Waals surface area contributed by atoms with Crippen LogP contribution in [0.1, 0.15) is 11.1 Å². The molecule has 0 aliphatic carbocycles. The van der Waals surface area contributed by atoms with Crippen LogP contribution in [-0.2, 0) is 22.4 Å². The Morgan fingerprint density at radius 1 is 1.43 bits per heavy atom. The van der Waals surface area contributed by atoms with Gasteiger partial charge in [-0.1, -0.05) is 18.2 Å². The second-order valence-corrected chi connectivity index (χ2v) is 4.55. The molecule has 76 valence electrons. The lowest BCUT2D eigenvalue weighted by Crippen LogP contribution is -1.98. The van der Waals surface area contributed by atoms with E-state index in [1.807, 2.05) is 6.07 Å². The van der Waals surface area contributed by atoms with E-state index in [1.165, 1.54) is 0 Å². The highest BCUT2D eigenvalue weighted by atomic mass is 32.3. The van der Waals surface area contributed by atoms with Crippen molar-refractivity contribution in [3.63, 3.8) is 0 Å². The van der Waals surface area contributed by atoms with Crippen molar-refractivity contribution in [3.05, 3.63) is 29.3 Å². The molecule has 0 bridgehead atoms. The first kappa shape index (κ1) is 9.45. The maximum absolute atomic E-state index is 12.5. The molecular formula is C9H9FO3S. The summed E-state index contributed by atoms with van der Waals surface area (Å²) in [7, 11) is -4.48. The molecule has 0 atom stereocenters. The van der Waals surface area contributed by atoms with E-state index in [4.69, 9.17) is 4.74 Å². The largest absolute Gasteiger partial charge is 0.493 e. The van der Waals surface area contributed by atoms with Crippen molar-refractivity contribution < 1.29 is 17.0 Å². The summed E-state index contributed by atoms with van der Waals surface area (Å²) in [6, 6.07) is 5.14. The fraction of sp³-hybridized carbons (Fsp3) is 0.333. The molecule has 1 aromatic rings. The van der Waals surface area contributed by atoms with E-state index in [-0.39, 0.29) is 0 Å². The minimum absolute atomic E-state index is 0.405. The van der Waals surface area contributed by atoms with Crippen molar-refractivity contribution in [1.82, 2.24) is 0 Å². The van der Waals surface area contributed by atoms with Crippen LogP contribution in [0.25, 0.3) is 0 Å². The number of rotatable bonds is 2. The topological polar surface area (TPSA) is 43.4 Å². The average molecular weight is 216 g/mol. The van der Waals surface area contributed by atoms with Gasteiger partial charge in [-0.15, -0.1) is 3.89 Å². The predicted molar refractivity (Wildman–Crippen MR) is 49.4 cm³/mol. The summed E-state index contributed by atoms with van der Waals surface area (Å²) in [4.78, 5) is 0. The second-order valence-electron chi connectivity index (χ2n) is 3.19. The van der Waals surface area contributed by atoms with Gasteiger partial charge in [0, 0.05) is 12.0 Å². The Morgan fingerprint density at radius 3 is 2.93 bits per heavy atom. The molecule has 3 nitrogen and oxygen atoms in total. The van der Waals surface area contributed by atoms with E-state index in [0.29, 0.717) is 17.9 Å². The van der Waals surface area contributed by atoms with Crippen molar-refractivity contribution >= 4 is 10.2 Å². The summed E-state index contributed by atoms with van der Waals surface area (Å²) < 4.78 is 38.7. The number of para-hydroxylation sites is 1. The molecule has 0 saturated heterocycles. The summed E-state index contributed by atoms with van der Waals surface area (Å²) in [6.45, 7) is 0.540. The Bertz CT molecular complexity index is 453. The van der Waals surface area contributed by atoms with Crippen molar-refractivity contribution in [1.29, 1.82) is 0 Å².